The van der Waals surface area contributed by atoms with E-state index in [1.807, 2.05) is 37.9 Å². The van der Waals surface area contributed by atoms with Crippen LogP contribution in [0.3, 0.4) is 0 Å². The molecule has 3 nitrogen and oxygen atoms in total. The number of halogens is 1. The third-order valence-electron chi connectivity index (χ3n) is 2.34. The van der Waals surface area contributed by atoms with Crippen LogP contribution in [0.5, 0.6) is 0 Å². The van der Waals surface area contributed by atoms with E-state index >= 15 is 0 Å². The summed E-state index contributed by atoms with van der Waals surface area (Å²) in [6, 6.07) is 5.55. The van der Waals surface area contributed by atoms with Crippen molar-refractivity contribution in [1.29, 1.82) is 0 Å². The van der Waals surface area contributed by atoms with Gasteiger partial charge < -0.3 is 10.0 Å². The minimum atomic E-state index is -0.904. The van der Waals surface area contributed by atoms with Crippen molar-refractivity contribution in [1.82, 2.24) is 0 Å². The lowest BCUT2D eigenvalue weighted by Crippen LogP contribution is -2.27. The van der Waals surface area contributed by atoms with E-state index in [9.17, 15) is 4.79 Å². The highest BCUT2D eigenvalue weighted by Crippen LogP contribution is 2.25. The van der Waals surface area contributed by atoms with Gasteiger partial charge in [0.2, 0.25) is 0 Å². The molecule has 1 N–H and O–H groups in total. The summed E-state index contributed by atoms with van der Waals surface area (Å²) in [5.41, 5.74) is 1.06. The minimum Gasteiger partial charge on any atom is -0.478 e. The maximum atomic E-state index is 11.1. The molecule has 1 aromatic carbocycles. The lowest BCUT2D eigenvalue weighted by Gasteiger charge is -2.25. The Balaban J connectivity index is 3.22. The topological polar surface area (TPSA) is 40.5 Å². The highest BCUT2D eigenvalue weighted by atomic mass is 79.9. The van der Waals surface area contributed by atoms with E-state index in [4.69, 9.17) is 5.11 Å². The van der Waals surface area contributed by atoms with Gasteiger partial charge in [0.15, 0.2) is 0 Å². The van der Waals surface area contributed by atoms with Gasteiger partial charge in [0, 0.05) is 17.6 Å². The van der Waals surface area contributed by atoms with Gasteiger partial charge in [-0.2, -0.15) is 0 Å². The van der Waals surface area contributed by atoms with Crippen LogP contribution in [0, 0.1) is 0 Å². The van der Waals surface area contributed by atoms with Crippen LogP contribution in [0.15, 0.2) is 22.7 Å². The number of anilines is 1. The average Bonchev–Trinajstić information content (AvgIpc) is 2.16. The maximum absolute atomic E-state index is 11.1. The summed E-state index contributed by atoms with van der Waals surface area (Å²) in [6.07, 6.45) is 0. The molecule has 0 heterocycles. The number of hydrogen-bond donors (Lipinski definition) is 1. The van der Waals surface area contributed by atoms with Crippen molar-refractivity contribution < 1.29 is 9.90 Å². The summed E-state index contributed by atoms with van der Waals surface area (Å²) in [7, 11) is 1.89. The summed E-state index contributed by atoms with van der Waals surface area (Å²) in [4.78, 5) is 13.0. The molecule has 1 aromatic rings. The number of carbonyl (C=O) groups is 1. The second-order valence-electron chi connectivity index (χ2n) is 3.67. The number of hydrogen-bond acceptors (Lipinski definition) is 2. The summed E-state index contributed by atoms with van der Waals surface area (Å²) in [5.74, 6) is -0.904. The molecule has 0 saturated heterocycles. The van der Waals surface area contributed by atoms with Crippen molar-refractivity contribution in [2.24, 2.45) is 0 Å². The molecule has 4 heteroatoms. The zero-order chi connectivity index (χ0) is 11.6. The summed E-state index contributed by atoms with van der Waals surface area (Å²) >= 11 is 3.27. The highest BCUT2D eigenvalue weighted by molar-refractivity contribution is 9.10. The van der Waals surface area contributed by atoms with Crippen LogP contribution < -0.4 is 4.90 Å². The summed E-state index contributed by atoms with van der Waals surface area (Å²) in [5, 5.41) is 9.07. The van der Waals surface area contributed by atoms with Crippen LogP contribution in [0.2, 0.25) is 0 Å². The predicted molar refractivity (Wildman–Crippen MR) is 64.6 cm³/mol. The number of nitrogens with zero attached hydrogens (tertiary/aromatic N) is 1. The van der Waals surface area contributed by atoms with E-state index in [1.165, 1.54) is 0 Å². The van der Waals surface area contributed by atoms with Gasteiger partial charge in [-0.15, -0.1) is 0 Å². The molecule has 0 aliphatic heterocycles. The van der Waals surface area contributed by atoms with Crippen LogP contribution in [-0.4, -0.2) is 24.2 Å². The summed E-state index contributed by atoms with van der Waals surface area (Å²) in [6.45, 7) is 4.04. The van der Waals surface area contributed by atoms with E-state index < -0.39 is 5.97 Å². The lowest BCUT2D eigenvalue weighted by molar-refractivity contribution is 0.0697. The van der Waals surface area contributed by atoms with Gasteiger partial charge in [0.05, 0.1) is 11.3 Å². The molecule has 0 aromatic heterocycles. The Kier molecular flexibility index (Phi) is 3.74. The van der Waals surface area contributed by atoms with Crippen molar-refractivity contribution in [2.75, 3.05) is 11.9 Å². The molecule has 0 spiro atoms. The first kappa shape index (κ1) is 12.0. The second-order valence-corrected chi connectivity index (χ2v) is 4.59. The van der Waals surface area contributed by atoms with Crippen molar-refractivity contribution in [3.63, 3.8) is 0 Å². The predicted octanol–water partition coefficient (Wildman–Crippen LogP) is 2.99. The Labute approximate surface area is 97.8 Å². The number of benzene rings is 1. The molecule has 0 radical (unpaired) electrons. The lowest BCUT2D eigenvalue weighted by atomic mass is 10.1. The van der Waals surface area contributed by atoms with E-state index in [2.05, 4.69) is 15.9 Å². The number of aromatic carboxylic acids is 1. The molecule has 0 aliphatic carbocycles. The van der Waals surface area contributed by atoms with Crippen LogP contribution in [0.1, 0.15) is 24.2 Å². The van der Waals surface area contributed by atoms with E-state index in [1.54, 1.807) is 6.07 Å². The standard InChI is InChI=1S/C11H14BrNO2/c1-7(2)13(3)10-5-4-8(12)6-9(10)11(14)15/h4-7H,1-3H3,(H,14,15). The van der Waals surface area contributed by atoms with E-state index in [0.717, 1.165) is 10.2 Å². The molecule has 15 heavy (non-hydrogen) atoms. The molecular formula is C11H14BrNO2. The van der Waals surface area contributed by atoms with Crippen molar-refractivity contribution >= 4 is 27.6 Å². The molecule has 1 rings (SSSR count). The first-order valence-electron chi connectivity index (χ1n) is 4.69. The molecule has 0 bridgehead atoms. The fraction of sp³-hybridized carbons (Fsp3) is 0.364. The zero-order valence-corrected chi connectivity index (χ0v) is 10.6. The molecule has 82 valence electrons. The Bertz CT molecular complexity index is 377. The zero-order valence-electron chi connectivity index (χ0n) is 8.99. The molecule has 0 atom stereocenters. The Hall–Kier alpha value is -1.03. The first-order chi connectivity index (χ1) is 6.93. The Morgan fingerprint density at radius 2 is 2.07 bits per heavy atom. The SMILES string of the molecule is CC(C)N(C)c1ccc(Br)cc1C(=O)O. The number of rotatable bonds is 3. The monoisotopic (exact) mass is 271 g/mol. The molecule has 0 aliphatic rings. The molecule has 0 saturated carbocycles. The second kappa shape index (κ2) is 4.66. The van der Waals surface area contributed by atoms with Crippen LogP contribution in [-0.2, 0) is 0 Å². The van der Waals surface area contributed by atoms with Gasteiger partial charge in [-0.05, 0) is 32.0 Å². The third-order valence-corrected chi connectivity index (χ3v) is 2.84. The average molecular weight is 272 g/mol. The first-order valence-corrected chi connectivity index (χ1v) is 5.48. The van der Waals surface area contributed by atoms with Crippen molar-refractivity contribution in [3.05, 3.63) is 28.2 Å². The molecule has 0 fully saturated rings. The minimum absolute atomic E-state index is 0.268. The number of carboxylic acid groups (broad SMARTS) is 1. The smallest absolute Gasteiger partial charge is 0.337 e. The fourth-order valence-corrected chi connectivity index (χ4v) is 1.63. The van der Waals surface area contributed by atoms with Crippen LogP contribution in [0.4, 0.5) is 5.69 Å². The van der Waals surface area contributed by atoms with Gasteiger partial charge >= 0.3 is 5.97 Å². The van der Waals surface area contributed by atoms with Crippen LogP contribution in [0.25, 0.3) is 0 Å². The molecule has 0 amide bonds. The fourth-order valence-electron chi connectivity index (χ4n) is 1.27. The van der Waals surface area contributed by atoms with E-state index in [0.29, 0.717) is 5.56 Å². The van der Waals surface area contributed by atoms with Gasteiger partial charge in [-0.25, -0.2) is 4.79 Å². The van der Waals surface area contributed by atoms with Gasteiger partial charge in [0.1, 0.15) is 0 Å². The maximum Gasteiger partial charge on any atom is 0.337 e. The van der Waals surface area contributed by atoms with Crippen molar-refractivity contribution in [2.45, 2.75) is 19.9 Å². The normalized spacial score (nSPS) is 10.5. The van der Waals surface area contributed by atoms with Gasteiger partial charge in [-0.3, -0.25) is 0 Å². The third kappa shape index (κ3) is 2.72. The van der Waals surface area contributed by atoms with Crippen LogP contribution >= 0.6 is 15.9 Å². The number of carboxylic acids is 1. The Morgan fingerprint density at radius 1 is 1.47 bits per heavy atom. The quantitative estimate of drug-likeness (QED) is 0.919. The van der Waals surface area contributed by atoms with Crippen molar-refractivity contribution in [3.8, 4) is 0 Å². The molecule has 0 unspecified atom stereocenters. The van der Waals surface area contributed by atoms with E-state index in [-0.39, 0.29) is 6.04 Å². The largest absolute Gasteiger partial charge is 0.478 e. The highest BCUT2D eigenvalue weighted by Gasteiger charge is 2.15. The van der Waals surface area contributed by atoms with Gasteiger partial charge in [-0.1, -0.05) is 15.9 Å². The summed E-state index contributed by atoms with van der Waals surface area (Å²) < 4.78 is 0.779. The Morgan fingerprint density at radius 3 is 2.53 bits per heavy atom. The molecular weight excluding hydrogens is 258 g/mol. The van der Waals surface area contributed by atoms with Gasteiger partial charge in [0.25, 0.3) is 0 Å².